The van der Waals surface area contributed by atoms with E-state index >= 15 is 0 Å². The maximum atomic E-state index is 4.90. The molecule has 1 unspecified atom stereocenters. The number of nitrogens with zero attached hydrogens (tertiary/aromatic N) is 2. The van der Waals surface area contributed by atoms with Gasteiger partial charge in [-0.25, -0.2) is 4.98 Å². The molecule has 4 heteroatoms. The lowest BCUT2D eigenvalue weighted by atomic mass is 10.2. The zero-order chi connectivity index (χ0) is 13.9. The van der Waals surface area contributed by atoms with E-state index < -0.39 is 0 Å². The summed E-state index contributed by atoms with van der Waals surface area (Å²) in [6, 6.07) is 7.19. The Kier molecular flexibility index (Phi) is 4.32. The highest BCUT2D eigenvalue weighted by molar-refractivity contribution is 7.99. The second kappa shape index (κ2) is 6.19. The van der Waals surface area contributed by atoms with Crippen LogP contribution in [0, 0.1) is 6.92 Å². The van der Waals surface area contributed by atoms with Gasteiger partial charge in [-0.05, 0) is 31.0 Å². The number of benzene rings is 1. The summed E-state index contributed by atoms with van der Waals surface area (Å²) in [5.41, 5.74) is 3.73. The topological polar surface area (TPSA) is 29.9 Å². The van der Waals surface area contributed by atoms with Gasteiger partial charge < -0.3 is 9.88 Å². The predicted octanol–water partition coefficient (Wildman–Crippen LogP) is 3.00. The van der Waals surface area contributed by atoms with Crippen LogP contribution in [0.5, 0.6) is 0 Å². The minimum absolute atomic E-state index is 0.572. The number of rotatable bonds is 4. The third-order valence-electron chi connectivity index (χ3n) is 3.86. The monoisotopic (exact) mass is 289 g/mol. The maximum absolute atomic E-state index is 4.90. The Morgan fingerprint density at radius 2 is 2.35 bits per heavy atom. The molecule has 1 aliphatic heterocycles. The summed E-state index contributed by atoms with van der Waals surface area (Å²) in [4.78, 5) is 4.90. The van der Waals surface area contributed by atoms with E-state index in [-0.39, 0.29) is 0 Å². The van der Waals surface area contributed by atoms with E-state index in [9.17, 15) is 0 Å². The molecule has 3 rings (SSSR count). The molecule has 0 amide bonds. The Labute approximate surface area is 125 Å². The van der Waals surface area contributed by atoms with Crippen molar-refractivity contribution in [1.82, 2.24) is 14.9 Å². The van der Waals surface area contributed by atoms with Crippen LogP contribution < -0.4 is 5.32 Å². The van der Waals surface area contributed by atoms with E-state index in [4.69, 9.17) is 4.98 Å². The summed E-state index contributed by atoms with van der Waals surface area (Å²) in [6.07, 6.45) is 2.19. The van der Waals surface area contributed by atoms with Crippen LogP contribution in [-0.2, 0) is 13.0 Å². The van der Waals surface area contributed by atoms with Gasteiger partial charge in [-0.1, -0.05) is 13.0 Å². The van der Waals surface area contributed by atoms with Gasteiger partial charge in [0.2, 0.25) is 0 Å². The summed E-state index contributed by atoms with van der Waals surface area (Å²) in [5, 5.41) is 3.62. The van der Waals surface area contributed by atoms with Crippen LogP contribution in [0.3, 0.4) is 0 Å². The average Bonchev–Trinajstić information content (AvgIpc) is 2.77. The summed E-state index contributed by atoms with van der Waals surface area (Å²) in [7, 11) is 0. The van der Waals surface area contributed by atoms with Gasteiger partial charge >= 0.3 is 0 Å². The zero-order valence-corrected chi connectivity index (χ0v) is 13.2. The first-order chi connectivity index (χ1) is 9.78. The van der Waals surface area contributed by atoms with E-state index in [1.807, 2.05) is 0 Å². The molecule has 1 aromatic carbocycles. The van der Waals surface area contributed by atoms with Crippen LogP contribution in [0.4, 0.5) is 0 Å². The Hall–Kier alpha value is -1.00. The third-order valence-corrected chi connectivity index (χ3v) is 4.99. The molecule has 1 aromatic heterocycles. The van der Waals surface area contributed by atoms with Gasteiger partial charge in [0.25, 0.3) is 0 Å². The zero-order valence-electron chi connectivity index (χ0n) is 12.4. The average molecular weight is 289 g/mol. The fraction of sp³-hybridized carbons (Fsp3) is 0.562. The molecule has 0 aliphatic carbocycles. The molecule has 0 radical (unpaired) electrons. The Morgan fingerprint density at radius 3 is 3.10 bits per heavy atom. The van der Waals surface area contributed by atoms with E-state index in [2.05, 4.69) is 53.7 Å². The number of imidazole rings is 1. The van der Waals surface area contributed by atoms with Crippen LogP contribution >= 0.6 is 11.8 Å². The van der Waals surface area contributed by atoms with Crippen molar-refractivity contribution in [1.29, 1.82) is 0 Å². The highest BCUT2D eigenvalue weighted by atomic mass is 32.2. The molecule has 1 atom stereocenters. The van der Waals surface area contributed by atoms with Gasteiger partial charge in [-0.3, -0.25) is 0 Å². The number of fused-ring (bicyclic) bond motifs is 1. The van der Waals surface area contributed by atoms with E-state index in [1.165, 1.54) is 28.4 Å². The fourth-order valence-electron chi connectivity index (χ4n) is 2.89. The largest absolute Gasteiger partial charge is 0.328 e. The van der Waals surface area contributed by atoms with Gasteiger partial charge in [-0.15, -0.1) is 0 Å². The van der Waals surface area contributed by atoms with Crippen molar-refractivity contribution >= 4 is 22.8 Å². The second-order valence-electron chi connectivity index (χ2n) is 5.60. The van der Waals surface area contributed by atoms with Crippen molar-refractivity contribution < 1.29 is 0 Å². The molecule has 1 aliphatic rings. The lowest BCUT2D eigenvalue weighted by Gasteiger charge is -2.23. The second-order valence-corrected chi connectivity index (χ2v) is 6.75. The lowest BCUT2D eigenvalue weighted by molar-refractivity contribution is 0.531. The van der Waals surface area contributed by atoms with Crippen molar-refractivity contribution in [2.75, 3.05) is 18.1 Å². The lowest BCUT2D eigenvalue weighted by Crippen LogP contribution is -2.39. The van der Waals surface area contributed by atoms with Crippen LogP contribution in [0.2, 0.25) is 0 Å². The molecule has 20 heavy (non-hydrogen) atoms. The molecule has 0 saturated carbocycles. The summed E-state index contributed by atoms with van der Waals surface area (Å²) >= 11 is 2.05. The first-order valence-corrected chi connectivity index (χ1v) is 8.70. The minimum atomic E-state index is 0.572. The first-order valence-electron chi connectivity index (χ1n) is 7.55. The van der Waals surface area contributed by atoms with Crippen molar-refractivity contribution in [2.45, 2.75) is 39.3 Å². The van der Waals surface area contributed by atoms with E-state index in [1.54, 1.807) is 0 Å². The van der Waals surface area contributed by atoms with E-state index in [0.717, 1.165) is 31.4 Å². The highest BCUT2D eigenvalue weighted by Gasteiger charge is 2.18. The molecule has 1 N–H and O–H groups in total. The normalized spacial score (nSPS) is 19.6. The molecule has 3 nitrogen and oxygen atoms in total. The third kappa shape index (κ3) is 2.86. The molecule has 1 saturated heterocycles. The molecule has 2 heterocycles. The smallest absolute Gasteiger partial charge is 0.111 e. The number of hydrogen-bond donors (Lipinski definition) is 1. The van der Waals surface area contributed by atoms with Crippen LogP contribution in [0.1, 0.15) is 24.7 Å². The standard InChI is InChI=1S/C16H23N3S/c1-3-7-19-15-5-4-12(2)9-14(15)18-16(19)10-13-11-20-8-6-17-13/h4-5,9,13,17H,3,6-8,10-11H2,1-2H3. The summed E-state index contributed by atoms with van der Waals surface area (Å²) < 4.78 is 2.41. The van der Waals surface area contributed by atoms with Crippen molar-refractivity contribution in [2.24, 2.45) is 0 Å². The minimum Gasteiger partial charge on any atom is -0.328 e. The number of aromatic nitrogens is 2. The molecule has 2 aromatic rings. The molecular weight excluding hydrogens is 266 g/mol. The van der Waals surface area contributed by atoms with Crippen molar-refractivity contribution in [3.63, 3.8) is 0 Å². The molecule has 0 spiro atoms. The van der Waals surface area contributed by atoms with Gasteiger partial charge in [0.1, 0.15) is 5.82 Å². The van der Waals surface area contributed by atoms with Gasteiger partial charge in [-0.2, -0.15) is 11.8 Å². The number of thioether (sulfide) groups is 1. The molecule has 0 bridgehead atoms. The van der Waals surface area contributed by atoms with Crippen molar-refractivity contribution in [3.05, 3.63) is 29.6 Å². The van der Waals surface area contributed by atoms with Crippen molar-refractivity contribution in [3.8, 4) is 0 Å². The predicted molar refractivity (Wildman–Crippen MR) is 87.6 cm³/mol. The van der Waals surface area contributed by atoms with E-state index in [0.29, 0.717) is 6.04 Å². The Morgan fingerprint density at radius 1 is 1.45 bits per heavy atom. The highest BCUT2D eigenvalue weighted by Crippen LogP contribution is 2.20. The molecule has 108 valence electrons. The Balaban J connectivity index is 1.93. The number of hydrogen-bond acceptors (Lipinski definition) is 3. The summed E-state index contributed by atoms with van der Waals surface area (Å²) in [6.45, 7) is 6.56. The number of aryl methyl sites for hydroxylation is 2. The van der Waals surface area contributed by atoms with Crippen LogP contribution in [-0.4, -0.2) is 33.6 Å². The maximum Gasteiger partial charge on any atom is 0.111 e. The van der Waals surface area contributed by atoms with Crippen LogP contribution in [0.15, 0.2) is 18.2 Å². The van der Waals surface area contributed by atoms with Gasteiger partial charge in [0, 0.05) is 37.1 Å². The Bertz CT molecular complexity index is 585. The SMILES string of the molecule is CCCn1c(CC2CSCCN2)nc2cc(C)ccc21. The quantitative estimate of drug-likeness (QED) is 0.938. The summed E-state index contributed by atoms with van der Waals surface area (Å²) in [5.74, 6) is 3.68. The fourth-order valence-corrected chi connectivity index (χ4v) is 3.84. The molecule has 1 fully saturated rings. The van der Waals surface area contributed by atoms with Gasteiger partial charge in [0.15, 0.2) is 0 Å². The first kappa shape index (κ1) is 14.0. The van der Waals surface area contributed by atoms with Gasteiger partial charge in [0.05, 0.1) is 11.0 Å². The van der Waals surface area contributed by atoms with Crippen LogP contribution in [0.25, 0.3) is 11.0 Å². The number of nitrogens with one attached hydrogen (secondary N) is 1. The molecular formula is C16H23N3S.